The van der Waals surface area contributed by atoms with Gasteiger partial charge in [0.25, 0.3) is 11.8 Å². The summed E-state index contributed by atoms with van der Waals surface area (Å²) in [7, 11) is 1.28. The van der Waals surface area contributed by atoms with Crippen LogP contribution < -0.4 is 11.1 Å². The topological polar surface area (TPSA) is 163 Å². The number of hydrogen-bond donors (Lipinski definition) is 2. The maximum Gasteiger partial charge on any atom is 0.358 e. The molecule has 0 radical (unpaired) electrons. The zero-order valence-electron chi connectivity index (χ0n) is 19.5. The van der Waals surface area contributed by atoms with Crippen molar-refractivity contribution in [3.63, 3.8) is 0 Å². The van der Waals surface area contributed by atoms with Crippen molar-refractivity contribution >= 4 is 57.7 Å². The number of thioether (sulfide) groups is 1. The molecule has 2 amide bonds. The number of amides is 2. The Bertz CT molecular complexity index is 1110. The summed E-state index contributed by atoms with van der Waals surface area (Å²) in [6, 6.07) is -0.920. The second-order valence-electron chi connectivity index (χ2n) is 7.32. The van der Waals surface area contributed by atoms with E-state index in [1.165, 1.54) is 37.6 Å². The van der Waals surface area contributed by atoms with E-state index in [2.05, 4.69) is 15.5 Å². The number of thiazole rings is 1. The number of nitrogens with zero attached hydrogens (tertiary/aromatic N) is 3. The standard InChI is InChI=1S/C21H25N5O7S2/c1-5-6-7-12-8-34-19-15(24-17(28)14(25-31-4)13-9-35-21(22)23-13)18(29)26(19)16(12)20(30)33-11(3)32-10(2)27/h6-7,9,11,15,19H,5,8H2,1-4H3,(H2,22,23)(H,24,28)/b7-6+,25-14-/t11?,15?,19-/m1/s1. The fraction of sp³-hybridized carbons (Fsp3) is 0.429. The summed E-state index contributed by atoms with van der Waals surface area (Å²) in [5.41, 5.74) is 6.36. The normalized spacial score (nSPS) is 20.7. The number of allylic oxidation sites excluding steroid dienone is 2. The Labute approximate surface area is 209 Å². The highest BCUT2D eigenvalue weighted by molar-refractivity contribution is 8.00. The number of oxime groups is 1. The highest BCUT2D eigenvalue weighted by Gasteiger charge is 2.54. The quantitative estimate of drug-likeness (QED) is 0.158. The molecular formula is C21H25N5O7S2. The van der Waals surface area contributed by atoms with Crippen molar-refractivity contribution in [1.82, 2.24) is 15.2 Å². The Morgan fingerprint density at radius 1 is 1.40 bits per heavy atom. The van der Waals surface area contributed by atoms with Crippen molar-refractivity contribution in [3.8, 4) is 0 Å². The molecule has 188 valence electrons. The lowest BCUT2D eigenvalue weighted by Crippen LogP contribution is -2.71. The first kappa shape index (κ1) is 26.2. The van der Waals surface area contributed by atoms with Crippen LogP contribution in [0.4, 0.5) is 5.13 Å². The van der Waals surface area contributed by atoms with E-state index in [1.807, 2.05) is 13.0 Å². The van der Waals surface area contributed by atoms with Crippen LogP contribution in [0.5, 0.6) is 0 Å². The van der Waals surface area contributed by atoms with Gasteiger partial charge in [-0.1, -0.05) is 24.2 Å². The average Bonchev–Trinajstić information content (AvgIpc) is 3.23. The summed E-state index contributed by atoms with van der Waals surface area (Å²) < 4.78 is 10.1. The summed E-state index contributed by atoms with van der Waals surface area (Å²) in [5.74, 6) is -2.20. The van der Waals surface area contributed by atoms with Crippen LogP contribution in [-0.4, -0.2) is 69.9 Å². The molecule has 12 nitrogen and oxygen atoms in total. The smallest absolute Gasteiger partial charge is 0.358 e. The predicted octanol–water partition coefficient (Wildman–Crippen LogP) is 1.15. The number of rotatable bonds is 9. The van der Waals surface area contributed by atoms with Gasteiger partial charge in [-0.25, -0.2) is 9.78 Å². The minimum absolute atomic E-state index is 0.0472. The van der Waals surface area contributed by atoms with Gasteiger partial charge in [-0.2, -0.15) is 0 Å². The van der Waals surface area contributed by atoms with E-state index in [-0.39, 0.29) is 22.2 Å². The largest absolute Gasteiger partial charge is 0.426 e. The molecule has 1 aromatic rings. The number of aromatic nitrogens is 1. The number of β-lactam (4-membered cyclic amide) rings is 1. The molecule has 0 aliphatic carbocycles. The highest BCUT2D eigenvalue weighted by Crippen LogP contribution is 2.41. The molecular weight excluding hydrogens is 498 g/mol. The Morgan fingerprint density at radius 3 is 2.74 bits per heavy atom. The number of nitrogens with two attached hydrogens (primary N) is 1. The average molecular weight is 524 g/mol. The lowest BCUT2D eigenvalue weighted by Gasteiger charge is -2.49. The Balaban J connectivity index is 1.81. The van der Waals surface area contributed by atoms with Gasteiger partial charge in [-0.05, 0) is 12.0 Å². The maximum absolute atomic E-state index is 13.1. The molecule has 1 saturated heterocycles. The zero-order valence-corrected chi connectivity index (χ0v) is 21.1. The van der Waals surface area contributed by atoms with E-state index in [1.54, 1.807) is 11.5 Å². The van der Waals surface area contributed by atoms with Crippen LogP contribution >= 0.6 is 23.1 Å². The maximum atomic E-state index is 13.1. The summed E-state index contributed by atoms with van der Waals surface area (Å²) in [6.45, 7) is 4.53. The Kier molecular flexibility index (Phi) is 8.51. The molecule has 0 bridgehead atoms. The van der Waals surface area contributed by atoms with Crippen LogP contribution in [0.1, 0.15) is 32.9 Å². The molecule has 2 unspecified atom stereocenters. The molecule has 2 aliphatic rings. The third-order valence-electron chi connectivity index (χ3n) is 4.80. The van der Waals surface area contributed by atoms with E-state index in [9.17, 15) is 19.2 Å². The number of hydrogen-bond acceptors (Lipinski definition) is 12. The molecule has 35 heavy (non-hydrogen) atoms. The predicted molar refractivity (Wildman–Crippen MR) is 129 cm³/mol. The van der Waals surface area contributed by atoms with E-state index >= 15 is 0 Å². The molecule has 3 rings (SSSR count). The lowest BCUT2D eigenvalue weighted by molar-refractivity contribution is -0.182. The third kappa shape index (κ3) is 5.82. The van der Waals surface area contributed by atoms with Crippen LogP contribution in [0.25, 0.3) is 0 Å². The van der Waals surface area contributed by atoms with E-state index in [0.29, 0.717) is 11.3 Å². The van der Waals surface area contributed by atoms with Crippen molar-refractivity contribution in [3.05, 3.63) is 34.5 Å². The number of nitrogens with one attached hydrogen (secondary N) is 1. The molecule has 3 N–H and O–H groups in total. The van der Waals surface area contributed by atoms with Crippen molar-refractivity contribution in [2.75, 3.05) is 18.6 Å². The summed E-state index contributed by atoms with van der Waals surface area (Å²) >= 11 is 2.51. The second kappa shape index (κ2) is 11.4. The molecule has 3 heterocycles. The Morgan fingerprint density at radius 2 is 2.14 bits per heavy atom. The number of ether oxygens (including phenoxy) is 2. The van der Waals surface area contributed by atoms with Gasteiger partial charge in [0.15, 0.2) is 10.8 Å². The molecule has 0 saturated carbocycles. The summed E-state index contributed by atoms with van der Waals surface area (Å²) in [4.78, 5) is 60.2. The molecule has 0 aromatic carbocycles. The van der Waals surface area contributed by atoms with E-state index in [0.717, 1.165) is 17.8 Å². The third-order valence-corrected chi connectivity index (χ3v) is 6.78. The first-order valence-electron chi connectivity index (χ1n) is 10.5. The van der Waals surface area contributed by atoms with Crippen LogP contribution in [0.15, 0.2) is 34.0 Å². The number of nitrogen functional groups attached to an aromatic ring is 1. The van der Waals surface area contributed by atoms with E-state index < -0.39 is 41.5 Å². The van der Waals surface area contributed by atoms with Crippen molar-refractivity contribution in [2.24, 2.45) is 5.16 Å². The van der Waals surface area contributed by atoms with Gasteiger partial charge < -0.3 is 25.4 Å². The molecule has 2 aliphatic heterocycles. The van der Waals surface area contributed by atoms with Gasteiger partial charge in [-0.3, -0.25) is 19.3 Å². The fourth-order valence-corrected chi connectivity index (χ4v) is 5.25. The van der Waals surface area contributed by atoms with Crippen LogP contribution in [0.2, 0.25) is 0 Å². The van der Waals surface area contributed by atoms with Crippen LogP contribution in [0.3, 0.4) is 0 Å². The minimum atomic E-state index is -1.14. The van der Waals surface area contributed by atoms with Gasteiger partial charge in [0, 0.05) is 25.0 Å². The van der Waals surface area contributed by atoms with Gasteiger partial charge in [-0.15, -0.1) is 23.1 Å². The molecule has 1 fully saturated rings. The molecule has 1 aromatic heterocycles. The number of esters is 2. The fourth-order valence-electron chi connectivity index (χ4n) is 3.39. The van der Waals surface area contributed by atoms with Gasteiger partial charge in [0.2, 0.25) is 6.29 Å². The van der Waals surface area contributed by atoms with Crippen LogP contribution in [0, 0.1) is 0 Å². The summed E-state index contributed by atoms with van der Waals surface area (Å²) in [6.07, 6.45) is 3.20. The number of anilines is 1. The van der Waals surface area contributed by atoms with Crippen LogP contribution in [-0.2, 0) is 33.5 Å². The first-order chi connectivity index (χ1) is 16.7. The van der Waals surface area contributed by atoms with Gasteiger partial charge >= 0.3 is 11.9 Å². The monoisotopic (exact) mass is 523 g/mol. The number of fused-ring (bicyclic) bond motifs is 1. The van der Waals surface area contributed by atoms with Gasteiger partial charge in [0.05, 0.1) is 0 Å². The van der Waals surface area contributed by atoms with E-state index in [4.69, 9.17) is 20.0 Å². The van der Waals surface area contributed by atoms with Gasteiger partial charge in [0.1, 0.15) is 29.9 Å². The number of carbonyl (C=O) groups excluding carboxylic acids is 4. The SMILES string of the molecule is CC/C=C/C1=C(C(=O)OC(C)OC(C)=O)N2C(=O)C(NC(=O)/C(=N\OC)c3csc(N)n3)[C@H]2SC1. The zero-order chi connectivity index (χ0) is 25.7. The van der Waals surface area contributed by atoms with Crippen molar-refractivity contribution in [1.29, 1.82) is 0 Å². The summed E-state index contributed by atoms with van der Waals surface area (Å²) in [5, 5.41) is 7.60. The molecule has 0 spiro atoms. The Hall–Kier alpha value is -3.39. The molecule has 14 heteroatoms. The highest BCUT2D eigenvalue weighted by atomic mass is 32.2. The lowest BCUT2D eigenvalue weighted by atomic mass is 10.0. The minimum Gasteiger partial charge on any atom is -0.426 e. The first-order valence-corrected chi connectivity index (χ1v) is 12.5. The molecule has 3 atom stereocenters. The van der Waals surface area contributed by atoms with Crippen molar-refractivity contribution < 1.29 is 33.5 Å². The second-order valence-corrected chi connectivity index (χ2v) is 9.32. The van der Waals surface area contributed by atoms with Crippen molar-refractivity contribution in [2.45, 2.75) is 44.9 Å². The number of carbonyl (C=O) groups is 4.